The molecule has 0 aliphatic carbocycles. The normalized spacial score (nSPS) is 38.2. The van der Waals surface area contributed by atoms with E-state index >= 15 is 0 Å². The molecule has 4 fully saturated rings. The van der Waals surface area contributed by atoms with Crippen LogP contribution in [0, 0.1) is 5.41 Å². The summed E-state index contributed by atoms with van der Waals surface area (Å²) in [6.07, 6.45) is -12.0. The number of benzene rings is 2. The summed E-state index contributed by atoms with van der Waals surface area (Å²) in [6.45, 7) is 5.16. The minimum Gasteiger partial charge on any atom is -0.456 e. The lowest BCUT2D eigenvalue weighted by atomic mass is 9.93. The molecule has 2 N–H and O–H groups in total. The Morgan fingerprint density at radius 3 is 1.91 bits per heavy atom. The average molecular weight is 628 g/mol. The number of carbonyl (C=O) groups is 1. The predicted octanol–water partition coefficient (Wildman–Crippen LogP) is 3.04. The fourth-order valence-electron chi connectivity index (χ4n) is 5.74. The van der Waals surface area contributed by atoms with E-state index in [1.54, 1.807) is 20.8 Å². The molecule has 0 spiro atoms. The van der Waals surface area contributed by atoms with Crippen molar-refractivity contribution in [1.82, 2.24) is 0 Å². The van der Waals surface area contributed by atoms with Gasteiger partial charge in [-0.25, -0.2) is 0 Å². The third-order valence-corrected chi connectivity index (χ3v) is 8.11. The van der Waals surface area contributed by atoms with Gasteiger partial charge in [-0.05, 0) is 26.3 Å². The molecule has 6 rings (SSSR count). The Hall–Kier alpha value is -3.14. The van der Waals surface area contributed by atoms with Gasteiger partial charge < -0.3 is 48.1 Å². The molecule has 4 saturated heterocycles. The van der Waals surface area contributed by atoms with Crippen LogP contribution in [0.2, 0.25) is 0 Å². The molecule has 4 aliphatic rings. The molecule has 0 saturated carbocycles. The Bertz CT molecular complexity index is 1360. The maximum Gasteiger partial charge on any atom is 0.311 e. The number of rotatable bonds is 6. The van der Waals surface area contributed by atoms with E-state index in [0.717, 1.165) is 11.1 Å². The molecule has 14 nitrogen and oxygen atoms in total. The Morgan fingerprint density at radius 1 is 0.844 bits per heavy atom. The third-order valence-electron chi connectivity index (χ3n) is 8.11. The van der Waals surface area contributed by atoms with Gasteiger partial charge in [0.1, 0.15) is 42.7 Å². The number of aliphatic hydroxyl groups is 2. The number of hydrogen-bond donors (Lipinski definition) is 2. The van der Waals surface area contributed by atoms with Crippen LogP contribution in [0.15, 0.2) is 65.8 Å². The zero-order valence-electron chi connectivity index (χ0n) is 25.0. The minimum absolute atomic E-state index is 0.0308. The van der Waals surface area contributed by atoms with Crippen LogP contribution in [-0.4, -0.2) is 90.7 Å². The van der Waals surface area contributed by atoms with Crippen LogP contribution in [-0.2, 0) is 42.7 Å². The Balaban J connectivity index is 1.28. The minimum atomic E-state index is -1.57. The molecule has 2 unspecified atom stereocenters. The van der Waals surface area contributed by atoms with Crippen molar-refractivity contribution in [1.29, 1.82) is 0 Å². The first kappa shape index (κ1) is 31.8. The Morgan fingerprint density at radius 2 is 1.38 bits per heavy atom. The second-order valence-electron chi connectivity index (χ2n) is 12.4. The van der Waals surface area contributed by atoms with Gasteiger partial charge in [-0.2, -0.15) is 0 Å². The first-order valence-electron chi connectivity index (χ1n) is 14.9. The summed E-state index contributed by atoms with van der Waals surface area (Å²) in [4.78, 5) is 16.0. The highest BCUT2D eigenvalue weighted by atomic mass is 16.8. The summed E-state index contributed by atoms with van der Waals surface area (Å²) in [6, 6.07) is 17.2. The van der Waals surface area contributed by atoms with Gasteiger partial charge in [0, 0.05) is 16.0 Å². The third kappa shape index (κ3) is 6.71. The SMILES string of the molecule is CC(C)(C)C(=O)O[C@@H]1[C@@H](O)[C@H](O[C@@H]2[C@@H](N=[N+]=[N-])[C@H](O)O[C@@H]3COC(c4ccccc4)O[C@@H]23)O[C@@H]2COC(c3ccccc3)O[C@H]12. The van der Waals surface area contributed by atoms with Crippen LogP contribution in [0.1, 0.15) is 44.5 Å². The van der Waals surface area contributed by atoms with Crippen molar-refractivity contribution in [2.75, 3.05) is 13.2 Å². The van der Waals surface area contributed by atoms with Crippen LogP contribution < -0.4 is 0 Å². The summed E-state index contributed by atoms with van der Waals surface area (Å²) in [5, 5.41) is 26.2. The maximum atomic E-state index is 13.1. The predicted molar refractivity (Wildman–Crippen MR) is 153 cm³/mol. The van der Waals surface area contributed by atoms with Crippen molar-refractivity contribution >= 4 is 5.97 Å². The number of carbonyl (C=O) groups excluding carboxylic acids is 1. The standard InChI is InChI=1S/C31H37N3O11/c1-31(2,3)30(37)45-25-21(35)29(41-19-15-39-28(43-23(19)25)17-12-8-5-9-13-17)44-24-20(33-34-32)26(36)40-18-14-38-27(42-22(18)24)16-10-6-4-7-11-16/h4-13,18-29,35-36H,14-15H2,1-3H3/t18-,19-,20-,21-,22-,23+,24-,25-,26-,27?,28?,29+/m1/s1. The van der Waals surface area contributed by atoms with Gasteiger partial charge in [0.25, 0.3) is 0 Å². The van der Waals surface area contributed by atoms with Gasteiger partial charge in [0.05, 0.1) is 18.6 Å². The summed E-state index contributed by atoms with van der Waals surface area (Å²) in [5.41, 5.74) is 9.92. The van der Waals surface area contributed by atoms with Crippen LogP contribution in [0.5, 0.6) is 0 Å². The second-order valence-corrected chi connectivity index (χ2v) is 12.4. The molecule has 242 valence electrons. The number of esters is 1. The smallest absolute Gasteiger partial charge is 0.311 e. The zero-order valence-corrected chi connectivity index (χ0v) is 25.0. The van der Waals surface area contributed by atoms with Gasteiger partial charge in [-0.15, -0.1) is 0 Å². The molecule has 2 aromatic carbocycles. The van der Waals surface area contributed by atoms with Gasteiger partial charge in [-0.1, -0.05) is 65.8 Å². The summed E-state index contributed by atoms with van der Waals surface area (Å²) < 4.78 is 48.4. The molecule has 4 aliphatic heterocycles. The summed E-state index contributed by atoms with van der Waals surface area (Å²) >= 11 is 0. The fraction of sp³-hybridized carbons (Fsp3) is 0.581. The lowest BCUT2D eigenvalue weighted by Gasteiger charge is -2.51. The quantitative estimate of drug-likeness (QED) is 0.208. The van der Waals surface area contributed by atoms with Gasteiger partial charge >= 0.3 is 5.97 Å². The monoisotopic (exact) mass is 627 g/mol. The molecular weight excluding hydrogens is 590 g/mol. The first-order valence-corrected chi connectivity index (χ1v) is 14.9. The van der Waals surface area contributed by atoms with Crippen LogP contribution in [0.4, 0.5) is 0 Å². The van der Waals surface area contributed by atoms with E-state index in [1.165, 1.54) is 0 Å². The van der Waals surface area contributed by atoms with Crippen molar-refractivity contribution in [3.63, 3.8) is 0 Å². The summed E-state index contributed by atoms with van der Waals surface area (Å²) in [5.74, 6) is -0.565. The zero-order chi connectivity index (χ0) is 31.7. The van der Waals surface area contributed by atoms with Gasteiger partial charge in [-0.3, -0.25) is 4.79 Å². The van der Waals surface area contributed by atoms with E-state index in [1.807, 2.05) is 60.7 Å². The van der Waals surface area contributed by atoms with Crippen molar-refractivity contribution in [2.45, 2.75) is 94.7 Å². The largest absolute Gasteiger partial charge is 0.456 e. The van der Waals surface area contributed by atoms with Gasteiger partial charge in [0.15, 0.2) is 31.3 Å². The van der Waals surface area contributed by atoms with Crippen LogP contribution in [0.3, 0.4) is 0 Å². The van der Waals surface area contributed by atoms with E-state index in [-0.39, 0.29) is 13.2 Å². The maximum absolute atomic E-state index is 13.1. The molecule has 0 amide bonds. The van der Waals surface area contributed by atoms with E-state index in [2.05, 4.69) is 10.0 Å². The molecule has 0 bridgehead atoms. The highest BCUT2D eigenvalue weighted by molar-refractivity contribution is 5.75. The Labute approximate surface area is 259 Å². The second kappa shape index (κ2) is 13.3. The van der Waals surface area contributed by atoms with Crippen molar-refractivity contribution in [3.05, 3.63) is 82.2 Å². The number of ether oxygens (including phenoxy) is 8. The van der Waals surface area contributed by atoms with E-state index in [9.17, 15) is 20.5 Å². The van der Waals surface area contributed by atoms with Crippen LogP contribution in [0.25, 0.3) is 10.4 Å². The molecule has 45 heavy (non-hydrogen) atoms. The number of nitrogens with zero attached hydrogens (tertiary/aromatic N) is 3. The lowest BCUT2D eigenvalue weighted by Crippen LogP contribution is -2.67. The molecule has 2 aromatic rings. The van der Waals surface area contributed by atoms with Gasteiger partial charge in [0.2, 0.25) is 0 Å². The molecule has 12 atom stereocenters. The number of azide groups is 1. The van der Waals surface area contributed by atoms with Crippen molar-refractivity contribution in [2.24, 2.45) is 10.5 Å². The summed E-state index contributed by atoms with van der Waals surface area (Å²) in [7, 11) is 0. The highest BCUT2D eigenvalue weighted by Crippen LogP contribution is 2.40. The van der Waals surface area contributed by atoms with Crippen LogP contribution >= 0.6 is 0 Å². The number of hydrogen-bond acceptors (Lipinski definition) is 12. The molecule has 14 heteroatoms. The number of fused-ring (bicyclic) bond motifs is 2. The average Bonchev–Trinajstić information content (AvgIpc) is 3.04. The molecule has 4 heterocycles. The van der Waals surface area contributed by atoms with Crippen molar-refractivity contribution in [3.8, 4) is 0 Å². The highest BCUT2D eigenvalue weighted by Gasteiger charge is 2.56. The van der Waals surface area contributed by atoms with E-state index in [0.29, 0.717) is 0 Å². The fourth-order valence-corrected chi connectivity index (χ4v) is 5.74. The number of aliphatic hydroxyl groups excluding tert-OH is 2. The van der Waals surface area contributed by atoms with Crippen molar-refractivity contribution < 1.29 is 52.9 Å². The lowest BCUT2D eigenvalue weighted by molar-refractivity contribution is -0.391. The molecule has 0 aromatic heterocycles. The van der Waals surface area contributed by atoms with E-state index < -0.39 is 85.3 Å². The topological polar surface area (TPSA) is 180 Å². The Kier molecular flexibility index (Phi) is 9.41. The van der Waals surface area contributed by atoms with E-state index in [4.69, 9.17) is 37.9 Å². The first-order chi connectivity index (χ1) is 21.6. The molecular formula is C31H37N3O11. The molecule has 0 radical (unpaired) electrons.